The predicted molar refractivity (Wildman–Crippen MR) is 122 cm³/mol. The van der Waals surface area contributed by atoms with Gasteiger partial charge in [-0.15, -0.1) is 0 Å². The third-order valence-corrected chi connectivity index (χ3v) is 6.48. The smallest absolute Gasteiger partial charge is 0.216 e. The van der Waals surface area contributed by atoms with E-state index in [1.54, 1.807) is 6.07 Å². The molecule has 0 radical (unpaired) electrons. The minimum absolute atomic E-state index is 0.0890. The fourth-order valence-corrected chi connectivity index (χ4v) is 4.71. The standard InChI is InChI=1S/C25H20FN3OS/c1-16(30)27-14-11-17-7-8-19(20(26)15-17)23-28-21-9-10-22(29-24(21)31-23)25(12-13-25)18-5-3-2-4-6-18/h2-10,12-13,15H,11,14H2,1H3,(H,27,30). The van der Waals surface area contributed by atoms with Crippen molar-refractivity contribution in [2.75, 3.05) is 6.54 Å². The molecule has 2 heterocycles. The molecule has 1 aliphatic carbocycles. The lowest BCUT2D eigenvalue weighted by atomic mass is 9.89. The highest BCUT2D eigenvalue weighted by atomic mass is 32.1. The van der Waals surface area contributed by atoms with Crippen LogP contribution in [0.5, 0.6) is 0 Å². The van der Waals surface area contributed by atoms with E-state index in [1.165, 1.54) is 29.9 Å². The van der Waals surface area contributed by atoms with Crippen LogP contribution in [0.15, 0.2) is 72.8 Å². The van der Waals surface area contributed by atoms with Crippen molar-refractivity contribution in [1.82, 2.24) is 15.3 Å². The monoisotopic (exact) mass is 429 g/mol. The Kier molecular flexibility index (Phi) is 4.87. The predicted octanol–water partition coefficient (Wildman–Crippen LogP) is 5.03. The summed E-state index contributed by atoms with van der Waals surface area (Å²) in [7, 11) is 0. The number of hydrogen-bond acceptors (Lipinski definition) is 4. The van der Waals surface area contributed by atoms with Crippen molar-refractivity contribution in [1.29, 1.82) is 0 Å². The number of thiazole rings is 1. The van der Waals surface area contributed by atoms with E-state index in [4.69, 9.17) is 4.98 Å². The van der Waals surface area contributed by atoms with Gasteiger partial charge in [0.15, 0.2) is 0 Å². The number of aromatic nitrogens is 2. The number of carbonyl (C=O) groups is 1. The van der Waals surface area contributed by atoms with Crippen LogP contribution in [-0.2, 0) is 16.6 Å². The van der Waals surface area contributed by atoms with Crippen LogP contribution in [0.1, 0.15) is 23.7 Å². The molecule has 5 rings (SSSR count). The first-order valence-corrected chi connectivity index (χ1v) is 10.9. The minimum Gasteiger partial charge on any atom is -0.356 e. The highest BCUT2D eigenvalue weighted by Gasteiger charge is 2.39. The third-order valence-electron chi connectivity index (χ3n) is 5.48. The summed E-state index contributed by atoms with van der Waals surface area (Å²) in [5.74, 6) is -0.405. The number of amides is 1. The van der Waals surface area contributed by atoms with Crippen LogP contribution in [0.2, 0.25) is 0 Å². The fraction of sp³-hybridized carbons (Fsp3) is 0.160. The number of hydrogen-bond donors (Lipinski definition) is 1. The molecule has 4 aromatic rings. The second kappa shape index (κ2) is 7.71. The number of carbonyl (C=O) groups excluding carboxylic acids is 1. The van der Waals surface area contributed by atoms with Gasteiger partial charge in [-0.2, -0.15) is 0 Å². The largest absolute Gasteiger partial charge is 0.356 e. The van der Waals surface area contributed by atoms with Crippen molar-refractivity contribution >= 4 is 27.6 Å². The molecule has 0 unspecified atom stereocenters. The fourth-order valence-electron chi connectivity index (χ4n) is 3.74. The van der Waals surface area contributed by atoms with Gasteiger partial charge < -0.3 is 5.32 Å². The second-order valence-corrected chi connectivity index (χ2v) is 8.63. The Morgan fingerprint density at radius 2 is 1.87 bits per heavy atom. The zero-order chi connectivity index (χ0) is 21.4. The average molecular weight is 430 g/mol. The summed E-state index contributed by atoms with van der Waals surface area (Å²) in [6.07, 6.45) is 4.88. The number of benzene rings is 2. The third kappa shape index (κ3) is 3.75. The number of pyridine rings is 1. The van der Waals surface area contributed by atoms with Crippen LogP contribution >= 0.6 is 11.3 Å². The first-order chi connectivity index (χ1) is 15.0. The molecule has 1 N–H and O–H groups in total. The van der Waals surface area contributed by atoms with E-state index in [1.807, 2.05) is 36.4 Å². The molecule has 6 heteroatoms. The van der Waals surface area contributed by atoms with Crippen LogP contribution in [0.4, 0.5) is 4.39 Å². The lowest BCUT2D eigenvalue weighted by molar-refractivity contribution is -0.118. The van der Waals surface area contributed by atoms with E-state index in [-0.39, 0.29) is 17.1 Å². The molecule has 0 saturated carbocycles. The van der Waals surface area contributed by atoms with Gasteiger partial charge in [-0.1, -0.05) is 59.9 Å². The molecule has 2 aromatic heterocycles. The molecule has 0 aliphatic heterocycles. The molecule has 1 amide bonds. The van der Waals surface area contributed by atoms with Gasteiger partial charge in [-0.05, 0) is 41.8 Å². The number of allylic oxidation sites excluding steroid dienone is 2. The molecule has 0 saturated heterocycles. The molecule has 0 fully saturated rings. The maximum atomic E-state index is 14.8. The second-order valence-electron chi connectivity index (χ2n) is 7.66. The number of rotatable bonds is 6. The van der Waals surface area contributed by atoms with Crippen molar-refractivity contribution in [3.63, 3.8) is 0 Å². The van der Waals surface area contributed by atoms with Crippen LogP contribution in [0, 0.1) is 5.82 Å². The summed E-state index contributed by atoms with van der Waals surface area (Å²) in [5.41, 5.74) is 3.96. The first-order valence-electron chi connectivity index (χ1n) is 10.1. The van der Waals surface area contributed by atoms with E-state index in [0.717, 1.165) is 21.6 Å². The maximum absolute atomic E-state index is 14.8. The topological polar surface area (TPSA) is 54.9 Å². The Morgan fingerprint density at radius 3 is 2.58 bits per heavy atom. The van der Waals surface area contributed by atoms with Crippen molar-refractivity contribution in [3.8, 4) is 10.6 Å². The Balaban J connectivity index is 1.43. The van der Waals surface area contributed by atoms with Crippen LogP contribution in [0.25, 0.3) is 20.9 Å². The Bertz CT molecular complexity index is 1310. The van der Waals surface area contributed by atoms with Crippen LogP contribution in [-0.4, -0.2) is 22.4 Å². The number of nitrogens with zero attached hydrogens (tertiary/aromatic N) is 2. The number of nitrogens with one attached hydrogen (secondary N) is 1. The molecular weight excluding hydrogens is 409 g/mol. The minimum atomic E-state index is -0.316. The lowest BCUT2D eigenvalue weighted by Crippen LogP contribution is -2.22. The Morgan fingerprint density at radius 1 is 1.06 bits per heavy atom. The highest BCUT2D eigenvalue weighted by Crippen LogP contribution is 2.45. The van der Waals surface area contributed by atoms with E-state index >= 15 is 0 Å². The zero-order valence-electron chi connectivity index (χ0n) is 16.9. The maximum Gasteiger partial charge on any atom is 0.216 e. The van der Waals surface area contributed by atoms with Gasteiger partial charge >= 0.3 is 0 Å². The summed E-state index contributed by atoms with van der Waals surface area (Å²) in [6, 6.07) is 19.4. The Labute approximate surface area is 183 Å². The normalized spacial score (nSPS) is 14.0. The van der Waals surface area contributed by atoms with Gasteiger partial charge in [0, 0.05) is 19.0 Å². The van der Waals surface area contributed by atoms with E-state index in [9.17, 15) is 9.18 Å². The van der Waals surface area contributed by atoms with Gasteiger partial charge in [0.2, 0.25) is 5.91 Å². The van der Waals surface area contributed by atoms with Crippen molar-refractivity contribution in [3.05, 3.63) is 95.5 Å². The van der Waals surface area contributed by atoms with Crippen molar-refractivity contribution < 1.29 is 9.18 Å². The van der Waals surface area contributed by atoms with Crippen LogP contribution in [0.3, 0.4) is 0 Å². The summed E-state index contributed by atoms with van der Waals surface area (Å²) < 4.78 is 14.8. The summed E-state index contributed by atoms with van der Waals surface area (Å²) in [4.78, 5) is 21.3. The molecule has 0 spiro atoms. The van der Waals surface area contributed by atoms with E-state index in [2.05, 4.69) is 34.6 Å². The lowest BCUT2D eigenvalue weighted by Gasteiger charge is -2.15. The van der Waals surface area contributed by atoms with Gasteiger partial charge in [0.1, 0.15) is 21.2 Å². The van der Waals surface area contributed by atoms with Crippen LogP contribution < -0.4 is 5.32 Å². The quantitative estimate of drug-likeness (QED) is 0.437. The Hall–Kier alpha value is -3.38. The van der Waals surface area contributed by atoms with Gasteiger partial charge in [0.25, 0.3) is 0 Å². The van der Waals surface area contributed by atoms with E-state index < -0.39 is 0 Å². The van der Waals surface area contributed by atoms with E-state index in [0.29, 0.717) is 23.5 Å². The van der Waals surface area contributed by atoms with Gasteiger partial charge in [-0.3, -0.25) is 4.79 Å². The number of halogens is 1. The first kappa shape index (κ1) is 19.6. The molecule has 2 aromatic carbocycles. The molecular formula is C25H20FN3OS. The van der Waals surface area contributed by atoms with Gasteiger partial charge in [0.05, 0.1) is 11.1 Å². The molecule has 0 atom stereocenters. The SMILES string of the molecule is CC(=O)NCCc1ccc(-c2nc3ccc(C4(c5ccccc5)C=C4)nc3s2)c(F)c1. The number of fused-ring (bicyclic) bond motifs is 1. The zero-order valence-corrected chi connectivity index (χ0v) is 17.7. The summed E-state index contributed by atoms with van der Waals surface area (Å²) in [5, 5.41) is 3.34. The molecule has 154 valence electrons. The molecule has 31 heavy (non-hydrogen) atoms. The average Bonchev–Trinajstić information content (AvgIpc) is 3.47. The highest BCUT2D eigenvalue weighted by molar-refractivity contribution is 7.21. The van der Waals surface area contributed by atoms with Gasteiger partial charge in [-0.25, -0.2) is 14.4 Å². The molecule has 1 aliphatic rings. The molecule has 4 nitrogen and oxygen atoms in total. The summed E-state index contributed by atoms with van der Waals surface area (Å²) >= 11 is 1.40. The van der Waals surface area contributed by atoms with Crippen molar-refractivity contribution in [2.45, 2.75) is 18.8 Å². The molecule has 0 bridgehead atoms. The summed E-state index contributed by atoms with van der Waals surface area (Å²) in [6.45, 7) is 1.95. The van der Waals surface area contributed by atoms with Crippen molar-refractivity contribution in [2.24, 2.45) is 0 Å².